The van der Waals surface area contributed by atoms with Crippen LogP contribution in [0.25, 0.3) is 0 Å². The number of ether oxygens (including phenoxy) is 2. The summed E-state index contributed by atoms with van der Waals surface area (Å²) in [5.74, 6) is 0.319. The van der Waals surface area contributed by atoms with E-state index < -0.39 is 0 Å². The van der Waals surface area contributed by atoms with Crippen LogP contribution in [0.15, 0.2) is 18.2 Å². The maximum Gasteiger partial charge on any atom is 0.315 e. The molecular weight excluding hydrogens is 287 g/mol. The standard InChI is InChI=1S/C16H21FN2O3/c17-11-5-6-15-13(9-11)14(4-2-8-22-15)19-16(20)18-10-12-3-1-7-21-12/h5-6,9,12,14H,1-4,7-8,10H2,(H2,18,19,20)/t12-,14+/m0/s1. The fraction of sp³-hybridized carbons (Fsp3) is 0.562. The highest BCUT2D eigenvalue weighted by Gasteiger charge is 2.23. The molecule has 0 bridgehead atoms. The van der Waals surface area contributed by atoms with Gasteiger partial charge in [0.05, 0.1) is 18.8 Å². The molecule has 0 saturated carbocycles. The zero-order chi connectivity index (χ0) is 15.4. The Labute approximate surface area is 129 Å². The van der Waals surface area contributed by atoms with Gasteiger partial charge in [-0.3, -0.25) is 0 Å². The molecule has 2 amide bonds. The van der Waals surface area contributed by atoms with Crippen LogP contribution < -0.4 is 15.4 Å². The average molecular weight is 308 g/mol. The van der Waals surface area contributed by atoms with E-state index in [0.29, 0.717) is 24.5 Å². The van der Waals surface area contributed by atoms with E-state index in [4.69, 9.17) is 9.47 Å². The van der Waals surface area contributed by atoms with Crippen LogP contribution in [-0.4, -0.2) is 31.9 Å². The number of halogens is 1. The summed E-state index contributed by atoms with van der Waals surface area (Å²) >= 11 is 0. The van der Waals surface area contributed by atoms with Crippen LogP contribution in [0, 0.1) is 5.82 Å². The lowest BCUT2D eigenvalue weighted by Gasteiger charge is -2.19. The van der Waals surface area contributed by atoms with Crippen molar-refractivity contribution in [2.24, 2.45) is 0 Å². The van der Waals surface area contributed by atoms with Gasteiger partial charge in [0.25, 0.3) is 0 Å². The zero-order valence-electron chi connectivity index (χ0n) is 12.4. The minimum Gasteiger partial charge on any atom is -0.493 e. The number of hydrogen-bond acceptors (Lipinski definition) is 3. The first kappa shape index (κ1) is 15.1. The molecule has 3 rings (SSSR count). The molecule has 6 heteroatoms. The van der Waals surface area contributed by atoms with Gasteiger partial charge in [-0.2, -0.15) is 0 Å². The third-order valence-corrected chi connectivity index (χ3v) is 4.06. The topological polar surface area (TPSA) is 59.6 Å². The molecule has 5 nitrogen and oxygen atoms in total. The summed E-state index contributed by atoms with van der Waals surface area (Å²) in [5, 5.41) is 5.74. The summed E-state index contributed by atoms with van der Waals surface area (Å²) in [4.78, 5) is 12.1. The van der Waals surface area contributed by atoms with Gasteiger partial charge in [0.2, 0.25) is 0 Å². The third kappa shape index (κ3) is 3.68. The molecular formula is C16H21FN2O3. The van der Waals surface area contributed by atoms with Crippen LogP contribution in [0.2, 0.25) is 0 Å². The van der Waals surface area contributed by atoms with Crippen LogP contribution in [0.5, 0.6) is 5.75 Å². The average Bonchev–Trinajstić information content (AvgIpc) is 2.95. The van der Waals surface area contributed by atoms with E-state index in [9.17, 15) is 9.18 Å². The normalized spacial score (nSPS) is 24.0. The van der Waals surface area contributed by atoms with Gasteiger partial charge < -0.3 is 20.1 Å². The van der Waals surface area contributed by atoms with Crippen molar-refractivity contribution in [3.63, 3.8) is 0 Å². The second kappa shape index (κ2) is 6.96. The molecule has 0 unspecified atom stereocenters. The molecule has 120 valence electrons. The molecule has 0 aliphatic carbocycles. The first-order chi connectivity index (χ1) is 10.7. The maximum atomic E-state index is 13.5. The van der Waals surface area contributed by atoms with Crippen molar-refractivity contribution in [2.45, 2.75) is 37.8 Å². The Balaban J connectivity index is 1.61. The van der Waals surface area contributed by atoms with E-state index in [1.54, 1.807) is 6.07 Å². The van der Waals surface area contributed by atoms with E-state index in [1.807, 2.05) is 0 Å². The largest absolute Gasteiger partial charge is 0.493 e. The Hall–Kier alpha value is -1.82. The number of urea groups is 1. The van der Waals surface area contributed by atoms with Crippen LogP contribution in [-0.2, 0) is 4.74 Å². The molecule has 0 aromatic heterocycles. The minimum atomic E-state index is -0.323. The number of benzene rings is 1. The van der Waals surface area contributed by atoms with Crippen LogP contribution in [0.1, 0.15) is 37.3 Å². The molecule has 2 aliphatic rings. The van der Waals surface area contributed by atoms with Crippen molar-refractivity contribution in [3.05, 3.63) is 29.6 Å². The van der Waals surface area contributed by atoms with Gasteiger partial charge in [-0.15, -0.1) is 0 Å². The van der Waals surface area contributed by atoms with E-state index in [0.717, 1.165) is 32.3 Å². The molecule has 0 spiro atoms. The summed E-state index contributed by atoms with van der Waals surface area (Å²) in [7, 11) is 0. The van der Waals surface area contributed by atoms with Crippen LogP contribution in [0.3, 0.4) is 0 Å². The third-order valence-electron chi connectivity index (χ3n) is 4.06. The molecule has 2 heterocycles. The summed E-state index contributed by atoms with van der Waals surface area (Å²) in [6, 6.07) is 3.94. The van der Waals surface area contributed by atoms with Gasteiger partial charge >= 0.3 is 6.03 Å². The lowest BCUT2D eigenvalue weighted by Crippen LogP contribution is -2.41. The molecule has 2 atom stereocenters. The lowest BCUT2D eigenvalue weighted by molar-refractivity contribution is 0.111. The number of carbonyl (C=O) groups is 1. The number of nitrogens with one attached hydrogen (secondary N) is 2. The van der Waals surface area contributed by atoms with Gasteiger partial charge in [-0.05, 0) is 43.9 Å². The van der Waals surface area contributed by atoms with Crippen molar-refractivity contribution in [2.75, 3.05) is 19.8 Å². The van der Waals surface area contributed by atoms with Crippen LogP contribution >= 0.6 is 0 Å². The maximum absolute atomic E-state index is 13.5. The molecule has 1 aromatic rings. The molecule has 22 heavy (non-hydrogen) atoms. The molecule has 2 aliphatic heterocycles. The van der Waals surface area contributed by atoms with E-state index in [1.165, 1.54) is 12.1 Å². The quantitative estimate of drug-likeness (QED) is 0.902. The molecule has 1 fully saturated rings. The highest BCUT2D eigenvalue weighted by Crippen LogP contribution is 2.31. The minimum absolute atomic E-state index is 0.105. The predicted molar refractivity (Wildman–Crippen MR) is 79.4 cm³/mol. The number of amides is 2. The molecule has 1 aromatic carbocycles. The summed E-state index contributed by atoms with van der Waals surface area (Å²) < 4.78 is 24.6. The second-order valence-corrected chi connectivity index (χ2v) is 5.71. The Bertz CT molecular complexity index is 532. The van der Waals surface area contributed by atoms with Crippen molar-refractivity contribution in [1.82, 2.24) is 10.6 Å². The summed E-state index contributed by atoms with van der Waals surface area (Å²) in [6.07, 6.45) is 3.66. The van der Waals surface area contributed by atoms with Crippen molar-refractivity contribution < 1.29 is 18.7 Å². The second-order valence-electron chi connectivity index (χ2n) is 5.71. The number of fused-ring (bicyclic) bond motifs is 1. The highest BCUT2D eigenvalue weighted by molar-refractivity contribution is 5.74. The van der Waals surface area contributed by atoms with Gasteiger partial charge in [-0.1, -0.05) is 0 Å². The Morgan fingerprint density at radius 1 is 1.27 bits per heavy atom. The SMILES string of the molecule is O=C(NC[C@@H]1CCCO1)N[C@@H]1CCCOc2ccc(F)cc21. The fourth-order valence-corrected chi connectivity index (χ4v) is 2.92. The molecule has 0 radical (unpaired) electrons. The van der Waals surface area contributed by atoms with Crippen LogP contribution in [0.4, 0.5) is 9.18 Å². The zero-order valence-corrected chi connectivity index (χ0v) is 12.4. The van der Waals surface area contributed by atoms with E-state index >= 15 is 0 Å². The van der Waals surface area contributed by atoms with E-state index in [-0.39, 0.29) is 24.0 Å². The van der Waals surface area contributed by atoms with Crippen molar-refractivity contribution >= 4 is 6.03 Å². The Kier molecular flexibility index (Phi) is 4.77. The lowest BCUT2D eigenvalue weighted by atomic mass is 10.0. The predicted octanol–water partition coefficient (Wildman–Crippen LogP) is 2.52. The van der Waals surface area contributed by atoms with Gasteiger partial charge in [-0.25, -0.2) is 9.18 Å². The van der Waals surface area contributed by atoms with E-state index in [2.05, 4.69) is 10.6 Å². The van der Waals surface area contributed by atoms with Gasteiger partial charge in [0.1, 0.15) is 11.6 Å². The number of carbonyl (C=O) groups excluding carboxylic acids is 1. The van der Waals surface area contributed by atoms with Crippen molar-refractivity contribution in [3.8, 4) is 5.75 Å². The first-order valence-electron chi connectivity index (χ1n) is 7.80. The summed E-state index contributed by atoms with van der Waals surface area (Å²) in [6.45, 7) is 1.85. The fourth-order valence-electron chi connectivity index (χ4n) is 2.92. The van der Waals surface area contributed by atoms with Crippen molar-refractivity contribution in [1.29, 1.82) is 0 Å². The van der Waals surface area contributed by atoms with Gasteiger partial charge in [0, 0.05) is 18.7 Å². The smallest absolute Gasteiger partial charge is 0.315 e. The molecule has 2 N–H and O–H groups in total. The number of rotatable bonds is 3. The monoisotopic (exact) mass is 308 g/mol. The first-order valence-corrected chi connectivity index (χ1v) is 7.80. The Morgan fingerprint density at radius 2 is 2.14 bits per heavy atom. The highest BCUT2D eigenvalue weighted by atomic mass is 19.1. The Morgan fingerprint density at radius 3 is 2.95 bits per heavy atom. The number of hydrogen-bond donors (Lipinski definition) is 2. The van der Waals surface area contributed by atoms with Gasteiger partial charge in [0.15, 0.2) is 0 Å². The molecule has 1 saturated heterocycles. The summed E-state index contributed by atoms with van der Waals surface area (Å²) in [5.41, 5.74) is 0.699.